The zero-order valence-corrected chi connectivity index (χ0v) is 17.2. The van der Waals surface area contributed by atoms with Crippen LogP contribution in [-0.2, 0) is 13.1 Å². The van der Waals surface area contributed by atoms with Crippen molar-refractivity contribution < 1.29 is 0 Å². The lowest BCUT2D eigenvalue weighted by Crippen LogP contribution is -2.36. The number of hydrogen-bond acceptors (Lipinski definition) is 2. The number of nitrogens with zero attached hydrogens (tertiary/aromatic N) is 2. The van der Waals surface area contributed by atoms with Gasteiger partial charge >= 0.3 is 0 Å². The van der Waals surface area contributed by atoms with Crippen molar-refractivity contribution >= 4 is 35.6 Å². The molecule has 0 aliphatic heterocycles. The number of rotatable bonds is 5. The van der Waals surface area contributed by atoms with Gasteiger partial charge in [0.1, 0.15) is 0 Å². The summed E-state index contributed by atoms with van der Waals surface area (Å²) in [6, 6.07) is 17.0. The molecule has 0 aliphatic rings. The molecule has 0 bridgehead atoms. The summed E-state index contributed by atoms with van der Waals surface area (Å²) in [6.07, 6.45) is 0. The van der Waals surface area contributed by atoms with Crippen LogP contribution in [0.25, 0.3) is 0 Å². The molecule has 0 spiro atoms. The van der Waals surface area contributed by atoms with Crippen molar-refractivity contribution in [1.29, 1.82) is 0 Å². The summed E-state index contributed by atoms with van der Waals surface area (Å²) >= 11 is 0. The summed E-state index contributed by atoms with van der Waals surface area (Å²) in [5, 5.41) is 6.68. The predicted octanol–water partition coefficient (Wildman–Crippen LogP) is 3.54. The fourth-order valence-electron chi connectivity index (χ4n) is 2.21. The van der Waals surface area contributed by atoms with Gasteiger partial charge in [0.2, 0.25) is 0 Å². The van der Waals surface area contributed by atoms with Crippen LogP contribution in [0.3, 0.4) is 0 Å². The van der Waals surface area contributed by atoms with Gasteiger partial charge in [0, 0.05) is 39.9 Å². The first kappa shape index (κ1) is 20.3. The van der Waals surface area contributed by atoms with E-state index in [4.69, 9.17) is 0 Å². The third kappa shape index (κ3) is 6.39. The first-order valence-corrected chi connectivity index (χ1v) is 7.85. The monoisotopic (exact) mass is 438 g/mol. The molecule has 0 aromatic heterocycles. The van der Waals surface area contributed by atoms with E-state index in [1.165, 1.54) is 22.4 Å². The fourth-order valence-corrected chi connectivity index (χ4v) is 2.21. The van der Waals surface area contributed by atoms with Crippen molar-refractivity contribution in [3.05, 3.63) is 65.2 Å². The van der Waals surface area contributed by atoms with Crippen molar-refractivity contribution in [1.82, 2.24) is 10.6 Å². The molecule has 0 heterocycles. The summed E-state index contributed by atoms with van der Waals surface area (Å²) in [5.74, 6) is 0.808. The Morgan fingerprint density at radius 1 is 0.875 bits per heavy atom. The minimum Gasteiger partial charge on any atom is -0.378 e. The molecule has 0 saturated carbocycles. The van der Waals surface area contributed by atoms with E-state index >= 15 is 0 Å². The van der Waals surface area contributed by atoms with E-state index < -0.39 is 0 Å². The Hall–Kier alpha value is -1.76. The van der Waals surface area contributed by atoms with Gasteiger partial charge in [-0.1, -0.05) is 42.0 Å². The topological polar surface area (TPSA) is 39.7 Å². The second-order valence-electron chi connectivity index (χ2n) is 5.83. The molecule has 0 aliphatic carbocycles. The van der Waals surface area contributed by atoms with Crippen LogP contribution in [0.4, 0.5) is 5.69 Å². The average Bonchev–Trinajstić information content (AvgIpc) is 2.57. The highest BCUT2D eigenvalue weighted by Crippen LogP contribution is 2.11. The third-order valence-electron chi connectivity index (χ3n) is 3.72. The summed E-state index contributed by atoms with van der Waals surface area (Å²) in [7, 11) is 5.88. The van der Waals surface area contributed by atoms with Crippen molar-refractivity contribution in [2.75, 3.05) is 26.0 Å². The summed E-state index contributed by atoms with van der Waals surface area (Å²) in [5.41, 5.74) is 4.95. The van der Waals surface area contributed by atoms with Crippen LogP contribution in [0.15, 0.2) is 53.5 Å². The zero-order chi connectivity index (χ0) is 16.7. The van der Waals surface area contributed by atoms with E-state index in [-0.39, 0.29) is 24.0 Å². The van der Waals surface area contributed by atoms with E-state index in [9.17, 15) is 0 Å². The van der Waals surface area contributed by atoms with Crippen LogP contribution in [-0.4, -0.2) is 27.1 Å². The smallest absolute Gasteiger partial charge is 0.191 e. The molecular formula is C19H27IN4. The van der Waals surface area contributed by atoms with Crippen LogP contribution >= 0.6 is 24.0 Å². The first-order valence-electron chi connectivity index (χ1n) is 7.85. The first-order chi connectivity index (χ1) is 11.1. The van der Waals surface area contributed by atoms with Gasteiger partial charge in [-0.15, -0.1) is 24.0 Å². The molecule has 0 atom stereocenters. The number of nitrogens with one attached hydrogen (secondary N) is 2. The highest BCUT2D eigenvalue weighted by molar-refractivity contribution is 14.0. The minimum atomic E-state index is 0. The molecule has 0 saturated heterocycles. The average molecular weight is 438 g/mol. The number of anilines is 1. The van der Waals surface area contributed by atoms with Gasteiger partial charge in [-0.2, -0.15) is 0 Å². The Bertz CT molecular complexity index is 633. The van der Waals surface area contributed by atoms with Gasteiger partial charge in [0.05, 0.1) is 0 Å². The maximum atomic E-state index is 4.27. The molecule has 2 aromatic carbocycles. The van der Waals surface area contributed by atoms with Gasteiger partial charge in [0.25, 0.3) is 0 Å². The number of halogens is 1. The maximum absolute atomic E-state index is 4.27. The van der Waals surface area contributed by atoms with E-state index in [1.807, 2.05) is 14.1 Å². The van der Waals surface area contributed by atoms with Crippen molar-refractivity contribution in [2.45, 2.75) is 20.0 Å². The minimum absolute atomic E-state index is 0. The Morgan fingerprint density at radius 2 is 1.33 bits per heavy atom. The highest BCUT2D eigenvalue weighted by atomic mass is 127. The molecule has 2 rings (SSSR count). The SMILES string of the molecule is CN=C(NCc1ccc(C)cc1)NCc1ccc(N(C)C)cc1.I. The van der Waals surface area contributed by atoms with Crippen LogP contribution in [0, 0.1) is 6.92 Å². The quantitative estimate of drug-likeness (QED) is 0.426. The van der Waals surface area contributed by atoms with E-state index in [2.05, 4.69) is 76.0 Å². The molecule has 0 radical (unpaired) electrons. The Kier molecular flexibility index (Phi) is 8.60. The number of hydrogen-bond donors (Lipinski definition) is 2. The highest BCUT2D eigenvalue weighted by Gasteiger charge is 2.00. The molecule has 0 fully saturated rings. The second-order valence-corrected chi connectivity index (χ2v) is 5.83. The molecule has 5 heteroatoms. The molecule has 2 N–H and O–H groups in total. The van der Waals surface area contributed by atoms with Crippen LogP contribution < -0.4 is 15.5 Å². The van der Waals surface area contributed by atoms with Gasteiger partial charge in [-0.3, -0.25) is 4.99 Å². The van der Waals surface area contributed by atoms with Crippen LogP contribution in [0.1, 0.15) is 16.7 Å². The number of aliphatic imine (C=N–C) groups is 1. The maximum Gasteiger partial charge on any atom is 0.191 e. The molecule has 24 heavy (non-hydrogen) atoms. The van der Waals surface area contributed by atoms with Crippen molar-refractivity contribution in [3.63, 3.8) is 0 Å². The number of guanidine groups is 1. The summed E-state index contributed by atoms with van der Waals surface area (Å²) < 4.78 is 0. The van der Waals surface area contributed by atoms with E-state index in [1.54, 1.807) is 7.05 Å². The van der Waals surface area contributed by atoms with Crippen molar-refractivity contribution in [3.8, 4) is 0 Å². The fraction of sp³-hybridized carbons (Fsp3) is 0.316. The molecule has 0 amide bonds. The molecule has 130 valence electrons. The zero-order valence-electron chi connectivity index (χ0n) is 14.8. The van der Waals surface area contributed by atoms with Crippen molar-refractivity contribution in [2.24, 2.45) is 4.99 Å². The van der Waals surface area contributed by atoms with Gasteiger partial charge in [-0.05, 0) is 30.2 Å². The van der Waals surface area contributed by atoms with Crippen LogP contribution in [0.5, 0.6) is 0 Å². The molecular weight excluding hydrogens is 411 g/mol. The standard InChI is InChI=1S/C19H26N4.HI/c1-15-5-7-16(8-6-15)13-21-19(20-2)22-14-17-9-11-18(12-10-17)23(3)4;/h5-12H,13-14H2,1-4H3,(H2,20,21,22);1H. The lowest BCUT2D eigenvalue weighted by molar-refractivity contribution is 0.809. The lowest BCUT2D eigenvalue weighted by atomic mass is 10.1. The molecule has 4 nitrogen and oxygen atoms in total. The Labute approximate surface area is 162 Å². The van der Waals surface area contributed by atoms with Gasteiger partial charge in [-0.25, -0.2) is 0 Å². The third-order valence-corrected chi connectivity index (χ3v) is 3.72. The summed E-state index contributed by atoms with van der Waals surface area (Å²) in [6.45, 7) is 3.61. The Balaban J connectivity index is 0.00000288. The number of aryl methyl sites for hydroxylation is 1. The summed E-state index contributed by atoms with van der Waals surface area (Å²) in [4.78, 5) is 6.36. The van der Waals surface area contributed by atoms with Gasteiger partial charge in [0.15, 0.2) is 5.96 Å². The lowest BCUT2D eigenvalue weighted by Gasteiger charge is -2.14. The van der Waals surface area contributed by atoms with Crippen LogP contribution in [0.2, 0.25) is 0 Å². The van der Waals surface area contributed by atoms with E-state index in [0.29, 0.717) is 0 Å². The number of benzene rings is 2. The Morgan fingerprint density at radius 3 is 1.75 bits per heavy atom. The normalized spacial score (nSPS) is 10.8. The largest absolute Gasteiger partial charge is 0.378 e. The second kappa shape index (κ2) is 10.2. The molecule has 0 unspecified atom stereocenters. The van der Waals surface area contributed by atoms with E-state index in [0.717, 1.165) is 19.0 Å². The predicted molar refractivity (Wildman–Crippen MR) is 114 cm³/mol. The molecule has 2 aromatic rings. The van der Waals surface area contributed by atoms with Gasteiger partial charge < -0.3 is 15.5 Å².